The van der Waals surface area contributed by atoms with Crippen molar-refractivity contribution in [3.8, 4) is 0 Å². The fourth-order valence-electron chi connectivity index (χ4n) is 1.46. The molecule has 2 rings (SSSR count). The number of fused-ring (bicyclic) bond motifs is 1. The first kappa shape index (κ1) is 15.1. The van der Waals surface area contributed by atoms with Crippen molar-refractivity contribution in [2.24, 2.45) is 0 Å². The number of carbonyl (C=O) groups excluding carboxylic acids is 1. The standard InChI is InChI=1S/C11H14N4O3S2/c1-19-9-7-10(14-6-13-9)20-11(15-7)8(17)12-2-4-18-5-3-16/h6,16H,2-5H2,1H3,(H,12,17). The van der Waals surface area contributed by atoms with E-state index in [1.807, 2.05) is 6.26 Å². The summed E-state index contributed by atoms with van der Waals surface area (Å²) in [6.45, 7) is 0.967. The molecule has 0 aromatic carbocycles. The van der Waals surface area contributed by atoms with E-state index in [1.165, 1.54) is 29.4 Å². The van der Waals surface area contributed by atoms with Crippen molar-refractivity contribution >= 4 is 39.4 Å². The molecule has 0 bridgehead atoms. The summed E-state index contributed by atoms with van der Waals surface area (Å²) < 4.78 is 5.06. The molecule has 0 saturated heterocycles. The van der Waals surface area contributed by atoms with Crippen molar-refractivity contribution in [1.29, 1.82) is 0 Å². The number of ether oxygens (including phenoxy) is 1. The normalized spacial score (nSPS) is 10.9. The van der Waals surface area contributed by atoms with Gasteiger partial charge in [0.25, 0.3) is 5.91 Å². The third kappa shape index (κ3) is 3.63. The zero-order chi connectivity index (χ0) is 14.4. The SMILES string of the molecule is CSc1ncnc2sc(C(=O)NCCOCCO)nc12. The predicted octanol–water partition coefficient (Wildman–Crippen LogP) is 0.547. The summed E-state index contributed by atoms with van der Waals surface area (Å²) >= 11 is 2.70. The molecule has 0 radical (unpaired) electrons. The average molecular weight is 314 g/mol. The average Bonchev–Trinajstić information content (AvgIpc) is 2.90. The number of hydrogen-bond acceptors (Lipinski definition) is 8. The lowest BCUT2D eigenvalue weighted by Crippen LogP contribution is -2.27. The van der Waals surface area contributed by atoms with Crippen molar-refractivity contribution in [3.05, 3.63) is 11.3 Å². The first-order valence-electron chi connectivity index (χ1n) is 5.88. The Kier molecular flexibility index (Phi) is 5.65. The van der Waals surface area contributed by atoms with Gasteiger partial charge in [-0.05, 0) is 6.26 Å². The maximum absolute atomic E-state index is 11.9. The molecule has 0 fully saturated rings. The molecule has 0 unspecified atom stereocenters. The molecule has 108 valence electrons. The van der Waals surface area contributed by atoms with E-state index in [4.69, 9.17) is 9.84 Å². The van der Waals surface area contributed by atoms with Gasteiger partial charge in [-0.2, -0.15) is 0 Å². The van der Waals surface area contributed by atoms with Crippen LogP contribution in [0.15, 0.2) is 11.4 Å². The van der Waals surface area contributed by atoms with Crippen LogP contribution in [0.25, 0.3) is 10.3 Å². The maximum atomic E-state index is 11.9. The van der Waals surface area contributed by atoms with Crippen LogP contribution in [0.4, 0.5) is 0 Å². The molecule has 2 heterocycles. The van der Waals surface area contributed by atoms with Crippen LogP contribution in [0.5, 0.6) is 0 Å². The Labute approximate surface area is 123 Å². The minimum Gasteiger partial charge on any atom is -0.394 e. The summed E-state index contributed by atoms with van der Waals surface area (Å²) in [5, 5.41) is 12.4. The number of thiazole rings is 1. The molecule has 0 aliphatic carbocycles. The zero-order valence-corrected chi connectivity index (χ0v) is 12.5. The first-order chi connectivity index (χ1) is 9.76. The molecule has 2 aromatic heterocycles. The largest absolute Gasteiger partial charge is 0.394 e. The molecule has 0 spiro atoms. The van der Waals surface area contributed by atoms with E-state index in [0.29, 0.717) is 28.5 Å². The highest BCUT2D eigenvalue weighted by Gasteiger charge is 2.15. The number of carbonyl (C=O) groups is 1. The van der Waals surface area contributed by atoms with Gasteiger partial charge in [-0.25, -0.2) is 15.0 Å². The number of aliphatic hydroxyl groups excluding tert-OH is 1. The lowest BCUT2D eigenvalue weighted by atomic mass is 10.5. The van der Waals surface area contributed by atoms with E-state index >= 15 is 0 Å². The van der Waals surface area contributed by atoms with Crippen LogP contribution >= 0.6 is 23.1 Å². The Balaban J connectivity index is 2.00. The van der Waals surface area contributed by atoms with Crippen molar-refractivity contribution in [2.75, 3.05) is 32.6 Å². The molecular weight excluding hydrogens is 300 g/mol. The van der Waals surface area contributed by atoms with Gasteiger partial charge in [0.05, 0.1) is 19.8 Å². The van der Waals surface area contributed by atoms with Crippen LogP contribution in [0.2, 0.25) is 0 Å². The van der Waals surface area contributed by atoms with Crippen LogP contribution in [-0.2, 0) is 4.74 Å². The molecule has 9 heteroatoms. The molecule has 0 aliphatic rings. The Morgan fingerprint density at radius 3 is 3.10 bits per heavy atom. The van der Waals surface area contributed by atoms with Crippen molar-refractivity contribution in [2.45, 2.75) is 5.03 Å². The Bertz CT molecular complexity index is 590. The number of hydrogen-bond donors (Lipinski definition) is 2. The first-order valence-corrected chi connectivity index (χ1v) is 7.92. The number of nitrogens with zero attached hydrogens (tertiary/aromatic N) is 3. The number of rotatable bonds is 7. The quantitative estimate of drug-likeness (QED) is 0.437. The monoisotopic (exact) mass is 314 g/mol. The van der Waals surface area contributed by atoms with Gasteiger partial charge in [-0.1, -0.05) is 11.3 Å². The smallest absolute Gasteiger partial charge is 0.280 e. The van der Waals surface area contributed by atoms with Crippen LogP contribution in [0.3, 0.4) is 0 Å². The van der Waals surface area contributed by atoms with E-state index in [1.54, 1.807) is 0 Å². The van der Waals surface area contributed by atoms with Gasteiger partial charge >= 0.3 is 0 Å². The molecule has 20 heavy (non-hydrogen) atoms. The highest BCUT2D eigenvalue weighted by atomic mass is 32.2. The Hall–Kier alpha value is -1.29. The van der Waals surface area contributed by atoms with Crippen LogP contribution < -0.4 is 5.32 Å². The van der Waals surface area contributed by atoms with Crippen molar-refractivity contribution in [1.82, 2.24) is 20.3 Å². The van der Waals surface area contributed by atoms with Crippen LogP contribution in [-0.4, -0.2) is 58.6 Å². The lowest BCUT2D eigenvalue weighted by molar-refractivity contribution is 0.0838. The minimum absolute atomic E-state index is 0.0258. The minimum atomic E-state index is -0.257. The van der Waals surface area contributed by atoms with Gasteiger partial charge in [-0.15, -0.1) is 11.8 Å². The molecule has 1 amide bonds. The molecule has 0 saturated carbocycles. The van der Waals surface area contributed by atoms with E-state index in [-0.39, 0.29) is 19.1 Å². The number of amides is 1. The van der Waals surface area contributed by atoms with Gasteiger partial charge in [0.1, 0.15) is 21.7 Å². The summed E-state index contributed by atoms with van der Waals surface area (Å²) in [4.78, 5) is 25.1. The third-order valence-electron chi connectivity index (χ3n) is 2.32. The second-order valence-corrected chi connectivity index (χ2v) is 5.42. The van der Waals surface area contributed by atoms with E-state index in [2.05, 4.69) is 20.3 Å². The van der Waals surface area contributed by atoms with E-state index in [9.17, 15) is 4.79 Å². The molecule has 2 N–H and O–H groups in total. The van der Waals surface area contributed by atoms with Gasteiger partial charge in [-0.3, -0.25) is 4.79 Å². The summed E-state index contributed by atoms with van der Waals surface area (Å²) in [5.74, 6) is -0.257. The summed E-state index contributed by atoms with van der Waals surface area (Å²) in [6.07, 6.45) is 3.37. The van der Waals surface area contributed by atoms with Crippen LogP contribution in [0, 0.1) is 0 Å². The predicted molar refractivity (Wildman–Crippen MR) is 77.2 cm³/mol. The summed E-state index contributed by atoms with van der Waals surface area (Å²) in [5.41, 5.74) is 0.659. The zero-order valence-electron chi connectivity index (χ0n) is 10.8. The molecular formula is C11H14N4O3S2. The fourth-order valence-corrected chi connectivity index (χ4v) is 2.84. The van der Waals surface area contributed by atoms with E-state index < -0.39 is 0 Å². The summed E-state index contributed by atoms with van der Waals surface area (Å²) in [6, 6.07) is 0. The highest BCUT2D eigenvalue weighted by Crippen LogP contribution is 2.26. The van der Waals surface area contributed by atoms with E-state index in [0.717, 1.165) is 5.03 Å². The van der Waals surface area contributed by atoms with Gasteiger partial charge in [0.15, 0.2) is 5.01 Å². The van der Waals surface area contributed by atoms with Crippen molar-refractivity contribution in [3.63, 3.8) is 0 Å². The highest BCUT2D eigenvalue weighted by molar-refractivity contribution is 7.98. The second kappa shape index (κ2) is 7.48. The fraction of sp³-hybridized carbons (Fsp3) is 0.455. The summed E-state index contributed by atoms with van der Waals surface area (Å²) in [7, 11) is 0. The second-order valence-electron chi connectivity index (χ2n) is 3.65. The van der Waals surface area contributed by atoms with Crippen LogP contribution in [0.1, 0.15) is 9.80 Å². The number of nitrogens with one attached hydrogen (secondary N) is 1. The Morgan fingerprint density at radius 2 is 2.35 bits per heavy atom. The lowest BCUT2D eigenvalue weighted by Gasteiger charge is -2.03. The molecule has 7 nitrogen and oxygen atoms in total. The maximum Gasteiger partial charge on any atom is 0.280 e. The number of aromatic nitrogens is 3. The van der Waals surface area contributed by atoms with Crippen molar-refractivity contribution < 1.29 is 14.6 Å². The molecule has 0 atom stereocenters. The topological polar surface area (TPSA) is 97.2 Å². The Morgan fingerprint density at radius 1 is 1.50 bits per heavy atom. The van der Waals surface area contributed by atoms with Gasteiger partial charge < -0.3 is 15.2 Å². The van der Waals surface area contributed by atoms with Gasteiger partial charge in [0, 0.05) is 6.54 Å². The number of thioether (sulfide) groups is 1. The third-order valence-corrected chi connectivity index (χ3v) is 3.96. The van der Waals surface area contributed by atoms with Gasteiger partial charge in [0.2, 0.25) is 0 Å². The molecule has 0 aliphatic heterocycles. The molecule has 2 aromatic rings. The number of aliphatic hydroxyl groups is 1.